The molecule has 0 N–H and O–H groups in total. The van der Waals surface area contributed by atoms with Crippen LogP contribution in [0.15, 0.2) is 127 Å². The van der Waals surface area contributed by atoms with E-state index in [0.29, 0.717) is 5.92 Å². The Morgan fingerprint density at radius 2 is 1.38 bits per heavy atom. The van der Waals surface area contributed by atoms with Gasteiger partial charge in [0.05, 0.1) is 5.52 Å². The maximum absolute atomic E-state index is 2.52. The second-order valence-corrected chi connectivity index (χ2v) is 11.9. The van der Waals surface area contributed by atoms with E-state index >= 15 is 0 Å². The number of thiophene rings is 1. The molecule has 2 aromatic heterocycles. The molecule has 0 saturated heterocycles. The maximum Gasteiger partial charge on any atom is 0.0552 e. The average molecular weight is 532 g/mol. The van der Waals surface area contributed by atoms with Gasteiger partial charge in [0.1, 0.15) is 0 Å². The molecule has 0 amide bonds. The van der Waals surface area contributed by atoms with Crippen molar-refractivity contribution in [3.8, 4) is 5.69 Å². The maximum atomic E-state index is 2.52. The standard InChI is InChI=1S/C38H29NS/c1-3-11-27(12-4-1)33(28-13-5-2-6-14-28)25-26-19-21-29(22-20-26)39-34-17-9-7-16-32(34)37-35(39)24-23-31-30-15-8-10-18-36(30)40-38(31)37/h1-8,10-16,18-24,33H,9,17,25H2. The van der Waals surface area contributed by atoms with Crippen molar-refractivity contribution >= 4 is 48.5 Å². The summed E-state index contributed by atoms with van der Waals surface area (Å²) in [6.07, 6.45) is 7.84. The Labute approximate surface area is 238 Å². The molecule has 0 fully saturated rings. The molecule has 1 aliphatic carbocycles. The van der Waals surface area contributed by atoms with Crippen LogP contribution in [0.1, 0.15) is 40.3 Å². The highest BCUT2D eigenvalue weighted by Crippen LogP contribution is 2.43. The number of hydrogen-bond acceptors (Lipinski definition) is 1. The second-order valence-electron chi connectivity index (χ2n) is 10.8. The van der Waals surface area contributed by atoms with Crippen LogP contribution >= 0.6 is 11.3 Å². The van der Waals surface area contributed by atoms with E-state index in [0.717, 1.165) is 19.3 Å². The molecular formula is C38H29NS. The van der Waals surface area contributed by atoms with Gasteiger partial charge in [-0.15, -0.1) is 11.3 Å². The van der Waals surface area contributed by atoms with Crippen molar-refractivity contribution in [1.29, 1.82) is 0 Å². The molecular weight excluding hydrogens is 502 g/mol. The molecule has 0 saturated carbocycles. The van der Waals surface area contributed by atoms with Gasteiger partial charge in [0.25, 0.3) is 0 Å². The predicted octanol–water partition coefficient (Wildman–Crippen LogP) is 10.3. The van der Waals surface area contributed by atoms with Crippen molar-refractivity contribution in [1.82, 2.24) is 4.57 Å². The molecule has 5 aromatic carbocycles. The zero-order chi connectivity index (χ0) is 26.5. The van der Waals surface area contributed by atoms with Crippen LogP contribution in [0.25, 0.3) is 42.8 Å². The van der Waals surface area contributed by atoms with Crippen LogP contribution in [0.4, 0.5) is 0 Å². The number of hydrogen-bond donors (Lipinski definition) is 0. The quantitative estimate of drug-likeness (QED) is 0.208. The second kappa shape index (κ2) is 9.66. The summed E-state index contributed by atoms with van der Waals surface area (Å²) in [5.74, 6) is 0.333. The summed E-state index contributed by atoms with van der Waals surface area (Å²) < 4.78 is 5.29. The molecule has 0 unspecified atom stereocenters. The lowest BCUT2D eigenvalue weighted by Crippen LogP contribution is -2.06. The van der Waals surface area contributed by atoms with Crippen LogP contribution in [-0.4, -0.2) is 4.57 Å². The molecule has 0 atom stereocenters. The van der Waals surface area contributed by atoms with E-state index < -0.39 is 0 Å². The van der Waals surface area contributed by atoms with Gasteiger partial charge >= 0.3 is 0 Å². The lowest BCUT2D eigenvalue weighted by atomic mass is 9.86. The smallest absolute Gasteiger partial charge is 0.0552 e. The third-order valence-electron chi connectivity index (χ3n) is 8.49. The summed E-state index contributed by atoms with van der Waals surface area (Å²) >= 11 is 1.93. The molecule has 8 rings (SSSR count). The molecule has 1 aliphatic rings. The summed E-state index contributed by atoms with van der Waals surface area (Å²) in [6, 6.07) is 44.7. The molecule has 7 aromatic rings. The molecule has 2 heteroatoms. The Hall–Kier alpha value is -4.40. The van der Waals surface area contributed by atoms with Crippen molar-refractivity contribution in [2.45, 2.75) is 25.2 Å². The highest BCUT2D eigenvalue weighted by molar-refractivity contribution is 7.26. The van der Waals surface area contributed by atoms with Crippen molar-refractivity contribution in [2.75, 3.05) is 0 Å². The zero-order valence-electron chi connectivity index (χ0n) is 22.3. The van der Waals surface area contributed by atoms with E-state index in [9.17, 15) is 0 Å². The average Bonchev–Trinajstić information content (AvgIpc) is 3.57. The van der Waals surface area contributed by atoms with E-state index in [2.05, 4.69) is 138 Å². The number of allylic oxidation sites excluding steroid dienone is 1. The normalized spacial score (nSPS) is 13.0. The summed E-state index contributed by atoms with van der Waals surface area (Å²) in [6.45, 7) is 0. The van der Waals surface area contributed by atoms with Gasteiger partial charge in [0, 0.05) is 48.4 Å². The van der Waals surface area contributed by atoms with E-state index in [1.54, 1.807) is 0 Å². The number of rotatable bonds is 5. The van der Waals surface area contributed by atoms with Crippen molar-refractivity contribution in [3.05, 3.63) is 155 Å². The molecule has 192 valence electrons. The number of fused-ring (bicyclic) bond motifs is 7. The fourth-order valence-electron chi connectivity index (χ4n) is 6.59. The fraction of sp³-hybridized carbons (Fsp3) is 0.105. The third-order valence-corrected chi connectivity index (χ3v) is 9.69. The third kappa shape index (κ3) is 3.83. The van der Waals surface area contributed by atoms with Gasteiger partial charge in [0.15, 0.2) is 0 Å². The first-order valence-electron chi connectivity index (χ1n) is 14.2. The monoisotopic (exact) mass is 531 g/mol. The molecule has 0 bridgehead atoms. The first-order chi connectivity index (χ1) is 19.8. The minimum absolute atomic E-state index is 0.333. The molecule has 0 radical (unpaired) electrons. The lowest BCUT2D eigenvalue weighted by Gasteiger charge is -2.19. The van der Waals surface area contributed by atoms with E-state index in [1.165, 1.54) is 64.7 Å². The Morgan fingerprint density at radius 3 is 2.12 bits per heavy atom. The van der Waals surface area contributed by atoms with E-state index in [4.69, 9.17) is 0 Å². The van der Waals surface area contributed by atoms with Crippen LogP contribution in [0.3, 0.4) is 0 Å². The van der Waals surface area contributed by atoms with Gasteiger partial charge in [0.2, 0.25) is 0 Å². The molecule has 0 spiro atoms. The topological polar surface area (TPSA) is 4.93 Å². The van der Waals surface area contributed by atoms with Crippen molar-refractivity contribution in [2.24, 2.45) is 0 Å². The first kappa shape index (κ1) is 23.5. The summed E-state index contributed by atoms with van der Waals surface area (Å²) in [7, 11) is 0. The predicted molar refractivity (Wildman–Crippen MR) is 172 cm³/mol. The van der Waals surface area contributed by atoms with Crippen molar-refractivity contribution in [3.63, 3.8) is 0 Å². The van der Waals surface area contributed by atoms with E-state index in [1.807, 2.05) is 11.3 Å². The number of aromatic nitrogens is 1. The van der Waals surface area contributed by atoms with Crippen LogP contribution in [0, 0.1) is 0 Å². The summed E-state index contributed by atoms with van der Waals surface area (Å²) in [5.41, 5.74) is 9.48. The van der Waals surface area contributed by atoms with Gasteiger partial charge in [-0.3, -0.25) is 0 Å². The zero-order valence-corrected chi connectivity index (χ0v) is 23.1. The van der Waals surface area contributed by atoms with Gasteiger partial charge in [-0.2, -0.15) is 0 Å². The summed E-state index contributed by atoms with van der Waals surface area (Å²) in [4.78, 5) is 0. The van der Waals surface area contributed by atoms with Crippen LogP contribution in [-0.2, 0) is 12.8 Å². The van der Waals surface area contributed by atoms with Gasteiger partial charge in [-0.25, -0.2) is 0 Å². The first-order valence-corrected chi connectivity index (χ1v) is 15.0. The van der Waals surface area contributed by atoms with Crippen molar-refractivity contribution < 1.29 is 0 Å². The Morgan fingerprint density at radius 1 is 0.675 bits per heavy atom. The highest BCUT2D eigenvalue weighted by Gasteiger charge is 2.22. The molecule has 1 nitrogen and oxygen atoms in total. The lowest BCUT2D eigenvalue weighted by molar-refractivity contribution is 0.804. The van der Waals surface area contributed by atoms with Crippen LogP contribution < -0.4 is 0 Å². The van der Waals surface area contributed by atoms with E-state index in [-0.39, 0.29) is 0 Å². The minimum Gasteiger partial charge on any atom is -0.313 e. The number of nitrogens with zero attached hydrogens (tertiary/aromatic N) is 1. The molecule has 0 aliphatic heterocycles. The number of benzene rings is 5. The highest BCUT2D eigenvalue weighted by atomic mass is 32.1. The Balaban J connectivity index is 1.23. The Kier molecular flexibility index (Phi) is 5.67. The molecule has 40 heavy (non-hydrogen) atoms. The molecule has 2 heterocycles. The van der Waals surface area contributed by atoms with Gasteiger partial charge in [-0.1, -0.05) is 109 Å². The summed E-state index contributed by atoms with van der Waals surface area (Å²) in [5, 5.41) is 4.14. The fourth-order valence-corrected chi connectivity index (χ4v) is 7.85. The Bertz CT molecular complexity index is 1970. The SMILES string of the molecule is C1=Cc2c(n(-c3ccc(CC(c4ccccc4)c4ccccc4)cc3)c3ccc4c5ccccc5sc4c23)CC1. The van der Waals surface area contributed by atoms with Crippen LogP contribution in [0.2, 0.25) is 0 Å². The van der Waals surface area contributed by atoms with Gasteiger partial charge in [-0.05, 0) is 60.2 Å². The minimum atomic E-state index is 0.333. The van der Waals surface area contributed by atoms with Crippen LogP contribution in [0.5, 0.6) is 0 Å². The largest absolute Gasteiger partial charge is 0.313 e. The van der Waals surface area contributed by atoms with Gasteiger partial charge < -0.3 is 4.57 Å².